The van der Waals surface area contributed by atoms with Gasteiger partial charge in [0, 0.05) is 13.0 Å². The van der Waals surface area contributed by atoms with Crippen LogP contribution in [0.5, 0.6) is 0 Å². The molecule has 0 spiro atoms. The standard InChI is InChI=1S/C11H18BrN3O/c1-10(2)8(11(10,3)4)7(16)6-9(12)13-14-15(6)5/h7-8,16H,1-5H3. The Morgan fingerprint density at radius 2 is 1.81 bits per heavy atom. The maximum atomic E-state index is 10.5. The number of nitrogens with zero attached hydrogens (tertiary/aromatic N) is 3. The summed E-state index contributed by atoms with van der Waals surface area (Å²) in [5.41, 5.74) is 1.07. The minimum Gasteiger partial charge on any atom is -0.386 e. The molecule has 0 bridgehead atoms. The average Bonchev–Trinajstić information content (AvgIpc) is 2.39. The lowest BCUT2D eigenvalue weighted by atomic mass is 10.0. The lowest BCUT2D eigenvalue weighted by Gasteiger charge is -2.12. The van der Waals surface area contributed by atoms with Crippen LogP contribution in [0.2, 0.25) is 0 Å². The van der Waals surface area contributed by atoms with Crippen molar-refractivity contribution < 1.29 is 5.11 Å². The van der Waals surface area contributed by atoms with Gasteiger partial charge in [0.2, 0.25) is 0 Å². The van der Waals surface area contributed by atoms with Gasteiger partial charge in [0.25, 0.3) is 0 Å². The minimum atomic E-state index is -0.514. The normalized spacial score (nSPS) is 24.4. The predicted molar refractivity (Wildman–Crippen MR) is 64.7 cm³/mol. The Hall–Kier alpha value is -0.420. The van der Waals surface area contributed by atoms with E-state index in [1.807, 2.05) is 0 Å². The van der Waals surface area contributed by atoms with Gasteiger partial charge >= 0.3 is 0 Å². The Morgan fingerprint density at radius 1 is 1.31 bits per heavy atom. The highest BCUT2D eigenvalue weighted by Gasteiger charge is 2.67. The fraction of sp³-hybridized carbons (Fsp3) is 0.818. The molecule has 1 atom stereocenters. The summed E-state index contributed by atoms with van der Waals surface area (Å²) < 4.78 is 2.28. The number of hydrogen-bond donors (Lipinski definition) is 1. The Kier molecular flexibility index (Phi) is 2.48. The monoisotopic (exact) mass is 287 g/mol. The number of aliphatic hydroxyl groups is 1. The van der Waals surface area contributed by atoms with E-state index in [2.05, 4.69) is 53.9 Å². The number of rotatable bonds is 2. The first-order valence-corrected chi connectivity index (χ1v) is 6.23. The third kappa shape index (κ3) is 1.37. The molecule has 0 saturated heterocycles. The van der Waals surface area contributed by atoms with E-state index in [1.54, 1.807) is 11.7 Å². The zero-order valence-corrected chi connectivity index (χ0v) is 11.9. The van der Waals surface area contributed by atoms with E-state index >= 15 is 0 Å². The van der Waals surface area contributed by atoms with Crippen molar-refractivity contribution in [2.24, 2.45) is 23.8 Å². The molecule has 1 aromatic rings. The van der Waals surface area contributed by atoms with Crippen molar-refractivity contribution in [1.82, 2.24) is 15.0 Å². The number of halogens is 1. The molecule has 4 nitrogen and oxygen atoms in total. The smallest absolute Gasteiger partial charge is 0.154 e. The van der Waals surface area contributed by atoms with Gasteiger partial charge in [-0.05, 0) is 26.8 Å². The summed E-state index contributed by atoms with van der Waals surface area (Å²) in [4.78, 5) is 0. The van der Waals surface area contributed by atoms with Gasteiger partial charge in [-0.15, -0.1) is 5.10 Å². The van der Waals surface area contributed by atoms with E-state index in [0.717, 1.165) is 5.69 Å². The molecule has 1 saturated carbocycles. The quantitative estimate of drug-likeness (QED) is 0.908. The number of hydrogen-bond acceptors (Lipinski definition) is 3. The van der Waals surface area contributed by atoms with Gasteiger partial charge in [0.15, 0.2) is 4.60 Å². The molecule has 2 rings (SSSR count). The zero-order valence-electron chi connectivity index (χ0n) is 10.3. The molecule has 16 heavy (non-hydrogen) atoms. The number of aryl methyl sites for hydroxylation is 1. The second-order valence-corrected chi connectivity index (χ2v) is 6.51. The second kappa shape index (κ2) is 3.29. The van der Waals surface area contributed by atoms with E-state index in [9.17, 15) is 5.11 Å². The highest BCUT2D eigenvalue weighted by Crippen LogP contribution is 2.72. The molecule has 0 aromatic carbocycles. The van der Waals surface area contributed by atoms with Crippen LogP contribution in [-0.2, 0) is 7.05 Å². The third-order valence-electron chi connectivity index (χ3n) is 4.55. The molecule has 1 aliphatic carbocycles. The summed E-state index contributed by atoms with van der Waals surface area (Å²) in [5.74, 6) is 0.244. The summed E-state index contributed by atoms with van der Waals surface area (Å²) in [6.45, 7) is 8.77. The lowest BCUT2D eigenvalue weighted by molar-refractivity contribution is 0.121. The van der Waals surface area contributed by atoms with Gasteiger partial charge < -0.3 is 5.11 Å². The summed E-state index contributed by atoms with van der Waals surface area (Å²) >= 11 is 3.33. The van der Waals surface area contributed by atoms with Gasteiger partial charge in [-0.25, -0.2) is 4.68 Å². The number of aromatic nitrogens is 3. The first-order valence-electron chi connectivity index (χ1n) is 5.44. The van der Waals surface area contributed by atoms with Crippen molar-refractivity contribution in [3.8, 4) is 0 Å². The van der Waals surface area contributed by atoms with Gasteiger partial charge in [-0.1, -0.05) is 32.9 Å². The molecule has 90 valence electrons. The predicted octanol–water partition coefficient (Wildman–Crippen LogP) is 2.29. The van der Waals surface area contributed by atoms with Crippen molar-refractivity contribution in [3.63, 3.8) is 0 Å². The Balaban J connectivity index is 2.33. The van der Waals surface area contributed by atoms with Crippen LogP contribution >= 0.6 is 15.9 Å². The summed E-state index contributed by atoms with van der Waals surface area (Å²) in [6.07, 6.45) is -0.514. The second-order valence-electron chi connectivity index (χ2n) is 5.75. The molecular weight excluding hydrogens is 270 g/mol. The van der Waals surface area contributed by atoms with Crippen LogP contribution in [0.4, 0.5) is 0 Å². The zero-order chi connectivity index (χ0) is 12.3. The largest absolute Gasteiger partial charge is 0.386 e. The van der Waals surface area contributed by atoms with Crippen molar-refractivity contribution in [2.45, 2.75) is 33.8 Å². The average molecular weight is 288 g/mol. The van der Waals surface area contributed by atoms with Crippen molar-refractivity contribution in [2.75, 3.05) is 0 Å². The highest BCUT2D eigenvalue weighted by molar-refractivity contribution is 9.10. The van der Waals surface area contributed by atoms with Gasteiger partial charge in [0.05, 0.1) is 0 Å². The maximum absolute atomic E-state index is 10.5. The summed E-state index contributed by atoms with van der Waals surface area (Å²) in [7, 11) is 1.80. The molecule has 1 aliphatic rings. The molecule has 0 amide bonds. The fourth-order valence-electron chi connectivity index (χ4n) is 2.85. The minimum absolute atomic E-state index is 0.149. The van der Waals surface area contributed by atoms with Crippen LogP contribution in [-0.4, -0.2) is 20.1 Å². The molecule has 1 N–H and O–H groups in total. The van der Waals surface area contributed by atoms with Crippen LogP contribution in [0.3, 0.4) is 0 Å². The highest BCUT2D eigenvalue weighted by atomic mass is 79.9. The first kappa shape index (κ1) is 12.0. The van der Waals surface area contributed by atoms with E-state index in [-0.39, 0.29) is 16.7 Å². The van der Waals surface area contributed by atoms with Crippen LogP contribution in [0, 0.1) is 16.7 Å². The summed E-state index contributed by atoms with van der Waals surface area (Å²) in [6, 6.07) is 0. The fourth-order valence-corrected chi connectivity index (χ4v) is 3.41. The molecule has 1 fully saturated rings. The molecule has 1 unspecified atom stereocenters. The molecule has 1 aromatic heterocycles. The van der Waals surface area contributed by atoms with E-state index in [0.29, 0.717) is 4.60 Å². The van der Waals surface area contributed by atoms with Crippen molar-refractivity contribution >= 4 is 15.9 Å². The van der Waals surface area contributed by atoms with Crippen LogP contribution < -0.4 is 0 Å². The summed E-state index contributed by atoms with van der Waals surface area (Å²) in [5, 5.41) is 18.3. The van der Waals surface area contributed by atoms with Crippen LogP contribution in [0.15, 0.2) is 4.60 Å². The van der Waals surface area contributed by atoms with Gasteiger partial charge in [0.1, 0.15) is 11.8 Å². The number of aliphatic hydroxyl groups excluding tert-OH is 1. The van der Waals surface area contributed by atoms with Gasteiger partial charge in [-0.2, -0.15) is 0 Å². The molecular formula is C11H18BrN3O. The molecule has 0 radical (unpaired) electrons. The van der Waals surface area contributed by atoms with E-state index < -0.39 is 6.10 Å². The van der Waals surface area contributed by atoms with E-state index in [1.165, 1.54) is 0 Å². The molecule has 0 aliphatic heterocycles. The van der Waals surface area contributed by atoms with E-state index in [4.69, 9.17) is 0 Å². The topological polar surface area (TPSA) is 50.9 Å². The Bertz CT molecular complexity index is 391. The Labute approximate surface area is 104 Å². The SMILES string of the molecule is Cn1nnc(Br)c1C(O)C1C(C)(C)C1(C)C. The lowest BCUT2D eigenvalue weighted by Crippen LogP contribution is -2.11. The Morgan fingerprint density at radius 3 is 2.12 bits per heavy atom. The van der Waals surface area contributed by atoms with Crippen LogP contribution in [0.25, 0.3) is 0 Å². The maximum Gasteiger partial charge on any atom is 0.154 e. The van der Waals surface area contributed by atoms with Crippen molar-refractivity contribution in [1.29, 1.82) is 0 Å². The third-order valence-corrected chi connectivity index (χ3v) is 5.12. The van der Waals surface area contributed by atoms with Gasteiger partial charge in [-0.3, -0.25) is 0 Å². The first-order chi connectivity index (χ1) is 7.21. The molecule has 5 heteroatoms. The van der Waals surface area contributed by atoms with Crippen LogP contribution in [0.1, 0.15) is 39.5 Å². The molecule has 1 heterocycles. The van der Waals surface area contributed by atoms with Crippen molar-refractivity contribution in [3.05, 3.63) is 10.3 Å².